The molecule has 0 aliphatic carbocycles. The summed E-state index contributed by atoms with van der Waals surface area (Å²) in [6, 6.07) is 6.04. The van der Waals surface area contributed by atoms with Crippen molar-refractivity contribution in [2.24, 2.45) is 0 Å². The van der Waals surface area contributed by atoms with E-state index in [2.05, 4.69) is 10.3 Å². The van der Waals surface area contributed by atoms with Gasteiger partial charge in [0.05, 0.1) is 10.6 Å². The van der Waals surface area contributed by atoms with E-state index in [-0.39, 0.29) is 10.8 Å². The fraction of sp³-hybridized carbons (Fsp3) is 0.286. The number of carbonyl (C=O) groups excluding carboxylic acids is 1. The monoisotopic (exact) mass is 339 g/mol. The highest BCUT2D eigenvalue weighted by molar-refractivity contribution is 7.93. The van der Waals surface area contributed by atoms with Crippen LogP contribution in [0.2, 0.25) is 0 Å². The summed E-state index contributed by atoms with van der Waals surface area (Å²) >= 11 is 1.33. The van der Waals surface area contributed by atoms with Crippen LogP contribution < -0.4 is 9.62 Å². The van der Waals surface area contributed by atoms with E-state index in [1.165, 1.54) is 41.7 Å². The predicted octanol–water partition coefficient (Wildman–Crippen LogP) is 2.54. The van der Waals surface area contributed by atoms with Crippen LogP contribution in [0.4, 0.5) is 10.8 Å². The van der Waals surface area contributed by atoms with E-state index in [1.54, 1.807) is 12.1 Å². The van der Waals surface area contributed by atoms with Gasteiger partial charge in [-0.2, -0.15) is 0 Å². The van der Waals surface area contributed by atoms with Crippen molar-refractivity contribution >= 4 is 38.1 Å². The van der Waals surface area contributed by atoms with Gasteiger partial charge in [-0.1, -0.05) is 0 Å². The van der Waals surface area contributed by atoms with Crippen molar-refractivity contribution in [2.45, 2.75) is 25.7 Å². The maximum atomic E-state index is 12.6. The molecular weight excluding hydrogens is 322 g/mol. The molecule has 0 aliphatic heterocycles. The van der Waals surface area contributed by atoms with Crippen LogP contribution in [0.25, 0.3) is 0 Å². The van der Waals surface area contributed by atoms with E-state index in [4.69, 9.17) is 0 Å². The molecule has 1 N–H and O–H groups in total. The molecular formula is C14H17N3O3S2. The number of sulfonamides is 1. The number of hydrogen-bond donors (Lipinski definition) is 1. The number of rotatable bonds is 4. The molecule has 0 radical (unpaired) electrons. The molecule has 6 nitrogen and oxygen atoms in total. The lowest BCUT2D eigenvalue weighted by Crippen LogP contribution is -2.26. The van der Waals surface area contributed by atoms with Gasteiger partial charge in [0.1, 0.15) is 0 Å². The summed E-state index contributed by atoms with van der Waals surface area (Å²) in [5.74, 6) is -0.207. The van der Waals surface area contributed by atoms with Crippen LogP contribution in [-0.4, -0.2) is 26.4 Å². The third-order valence-corrected chi connectivity index (χ3v) is 6.15. The largest absolute Gasteiger partial charge is 0.326 e. The Morgan fingerprint density at radius 3 is 2.27 bits per heavy atom. The van der Waals surface area contributed by atoms with Gasteiger partial charge in [0, 0.05) is 24.5 Å². The number of thiazole rings is 1. The molecule has 1 heterocycles. The van der Waals surface area contributed by atoms with Crippen molar-refractivity contribution in [3.8, 4) is 0 Å². The zero-order valence-electron chi connectivity index (χ0n) is 12.7. The first-order valence-corrected chi connectivity index (χ1v) is 8.78. The first kappa shape index (κ1) is 16.4. The van der Waals surface area contributed by atoms with Crippen LogP contribution in [0.3, 0.4) is 0 Å². The summed E-state index contributed by atoms with van der Waals surface area (Å²) in [5, 5.41) is 3.03. The molecule has 118 valence electrons. The van der Waals surface area contributed by atoms with Crippen LogP contribution >= 0.6 is 11.3 Å². The number of carbonyl (C=O) groups is 1. The second-order valence-corrected chi connectivity index (χ2v) is 7.97. The van der Waals surface area contributed by atoms with E-state index >= 15 is 0 Å². The maximum Gasteiger partial charge on any atom is 0.265 e. The standard InChI is InChI=1S/C14H17N3O3S2/c1-9-10(2)21-14(15-9)17(4)22(19,20)13-7-5-12(6-8-13)16-11(3)18/h5-8H,1-4H3,(H,16,18). The summed E-state index contributed by atoms with van der Waals surface area (Å²) in [5.41, 5.74) is 1.37. The van der Waals surface area contributed by atoms with Gasteiger partial charge in [0.25, 0.3) is 10.0 Å². The zero-order chi connectivity index (χ0) is 16.5. The minimum absolute atomic E-state index is 0.148. The minimum Gasteiger partial charge on any atom is -0.326 e. The number of benzene rings is 1. The molecule has 0 saturated heterocycles. The quantitative estimate of drug-likeness (QED) is 0.928. The van der Waals surface area contributed by atoms with Crippen molar-refractivity contribution in [3.05, 3.63) is 34.8 Å². The van der Waals surface area contributed by atoms with E-state index in [0.717, 1.165) is 10.6 Å². The summed E-state index contributed by atoms with van der Waals surface area (Å²) in [6.07, 6.45) is 0. The maximum absolute atomic E-state index is 12.6. The fourth-order valence-electron chi connectivity index (χ4n) is 1.76. The SMILES string of the molecule is CC(=O)Nc1ccc(S(=O)(=O)N(C)c2nc(C)c(C)s2)cc1. The van der Waals surface area contributed by atoms with Gasteiger partial charge in [0.2, 0.25) is 5.91 Å². The average Bonchev–Trinajstić information content (AvgIpc) is 2.77. The topological polar surface area (TPSA) is 79.4 Å². The third kappa shape index (κ3) is 3.28. The van der Waals surface area contributed by atoms with Gasteiger partial charge in [-0.3, -0.25) is 4.79 Å². The lowest BCUT2D eigenvalue weighted by atomic mass is 10.3. The summed E-state index contributed by atoms with van der Waals surface area (Å²) < 4.78 is 26.4. The summed E-state index contributed by atoms with van der Waals surface area (Å²) in [6.45, 7) is 5.14. The van der Waals surface area contributed by atoms with Crippen LogP contribution in [0.5, 0.6) is 0 Å². The molecule has 0 atom stereocenters. The molecule has 2 rings (SSSR count). The number of amides is 1. The number of hydrogen-bond acceptors (Lipinski definition) is 5. The first-order chi connectivity index (χ1) is 10.2. The Bertz CT molecular complexity index is 776. The Morgan fingerprint density at radius 2 is 1.82 bits per heavy atom. The molecule has 0 spiro atoms. The van der Waals surface area contributed by atoms with Crippen molar-refractivity contribution < 1.29 is 13.2 Å². The van der Waals surface area contributed by atoms with Gasteiger partial charge in [0.15, 0.2) is 5.13 Å². The lowest BCUT2D eigenvalue weighted by molar-refractivity contribution is -0.114. The summed E-state index contributed by atoms with van der Waals surface area (Å²) in [7, 11) is -2.19. The molecule has 0 fully saturated rings. The predicted molar refractivity (Wildman–Crippen MR) is 87.9 cm³/mol. The van der Waals surface area contributed by atoms with Crippen molar-refractivity contribution in [1.82, 2.24) is 4.98 Å². The number of aryl methyl sites for hydroxylation is 2. The molecule has 1 aromatic heterocycles. The van der Waals surface area contributed by atoms with Crippen LogP contribution in [-0.2, 0) is 14.8 Å². The van der Waals surface area contributed by atoms with Crippen LogP contribution in [0.1, 0.15) is 17.5 Å². The Labute approximate surface area is 133 Å². The van der Waals surface area contributed by atoms with Crippen molar-refractivity contribution in [2.75, 3.05) is 16.7 Å². The normalized spacial score (nSPS) is 11.3. The van der Waals surface area contributed by atoms with Gasteiger partial charge in [-0.15, -0.1) is 11.3 Å². The highest BCUT2D eigenvalue weighted by atomic mass is 32.2. The van der Waals surface area contributed by atoms with Crippen LogP contribution in [0.15, 0.2) is 29.2 Å². The van der Waals surface area contributed by atoms with E-state index in [9.17, 15) is 13.2 Å². The number of nitrogens with zero attached hydrogens (tertiary/aromatic N) is 2. The molecule has 8 heteroatoms. The number of aromatic nitrogens is 1. The zero-order valence-corrected chi connectivity index (χ0v) is 14.4. The highest BCUT2D eigenvalue weighted by Crippen LogP contribution is 2.28. The van der Waals surface area contributed by atoms with Gasteiger partial charge < -0.3 is 5.32 Å². The molecule has 22 heavy (non-hydrogen) atoms. The van der Waals surface area contributed by atoms with E-state index < -0.39 is 10.0 Å². The van der Waals surface area contributed by atoms with Crippen LogP contribution in [0, 0.1) is 13.8 Å². The van der Waals surface area contributed by atoms with Crippen molar-refractivity contribution in [1.29, 1.82) is 0 Å². The molecule has 0 bridgehead atoms. The Hall–Kier alpha value is -1.93. The first-order valence-electron chi connectivity index (χ1n) is 6.52. The smallest absolute Gasteiger partial charge is 0.265 e. The molecule has 2 aromatic rings. The second kappa shape index (κ2) is 6.05. The van der Waals surface area contributed by atoms with Gasteiger partial charge in [-0.25, -0.2) is 17.7 Å². The minimum atomic E-state index is -3.67. The van der Waals surface area contributed by atoms with E-state index in [1.807, 2.05) is 13.8 Å². The van der Waals surface area contributed by atoms with Gasteiger partial charge >= 0.3 is 0 Å². The number of anilines is 2. The second-order valence-electron chi connectivity index (χ2n) is 4.82. The Balaban J connectivity index is 2.31. The lowest BCUT2D eigenvalue weighted by Gasteiger charge is -2.16. The Kier molecular flexibility index (Phi) is 4.52. The molecule has 0 aliphatic rings. The molecule has 1 aromatic carbocycles. The molecule has 0 unspecified atom stereocenters. The fourth-order valence-corrected chi connectivity index (χ4v) is 3.99. The Morgan fingerprint density at radius 1 is 1.23 bits per heavy atom. The highest BCUT2D eigenvalue weighted by Gasteiger charge is 2.24. The van der Waals surface area contributed by atoms with Gasteiger partial charge in [-0.05, 0) is 38.1 Å². The van der Waals surface area contributed by atoms with Crippen molar-refractivity contribution in [3.63, 3.8) is 0 Å². The molecule has 0 saturated carbocycles. The third-order valence-electron chi connectivity index (χ3n) is 3.12. The summed E-state index contributed by atoms with van der Waals surface area (Å²) in [4.78, 5) is 16.4. The number of nitrogens with one attached hydrogen (secondary N) is 1. The average molecular weight is 339 g/mol. The molecule has 1 amide bonds. The van der Waals surface area contributed by atoms with E-state index in [0.29, 0.717) is 10.8 Å².